The van der Waals surface area contributed by atoms with Gasteiger partial charge in [0.1, 0.15) is 5.60 Å². The van der Waals surface area contributed by atoms with Crippen molar-refractivity contribution >= 4 is 11.9 Å². The van der Waals surface area contributed by atoms with E-state index in [1.54, 1.807) is 20.8 Å². The molecule has 0 spiro atoms. The van der Waals surface area contributed by atoms with Crippen molar-refractivity contribution in [1.82, 2.24) is 4.90 Å². The van der Waals surface area contributed by atoms with Crippen molar-refractivity contribution in [1.29, 1.82) is 0 Å². The molecule has 4 nitrogen and oxygen atoms in total. The summed E-state index contributed by atoms with van der Waals surface area (Å²) < 4.78 is 5.13. The third-order valence-corrected chi connectivity index (χ3v) is 2.05. The summed E-state index contributed by atoms with van der Waals surface area (Å²) in [7, 11) is 0. The minimum Gasteiger partial charge on any atom is -0.444 e. The highest BCUT2D eigenvalue weighted by Gasteiger charge is 2.36. The summed E-state index contributed by atoms with van der Waals surface area (Å²) in [6.07, 6.45) is 4.59. The number of carbonyl (C=O) groups excluding carboxylic acids is 2. The normalized spacial score (nSPS) is 16.5. The fraction of sp³-hybridized carbons (Fsp3) is 0.636. The van der Waals surface area contributed by atoms with Gasteiger partial charge >= 0.3 is 6.09 Å². The average molecular weight is 209 g/mol. The second kappa shape index (κ2) is 3.93. The zero-order valence-electron chi connectivity index (χ0n) is 9.24. The van der Waals surface area contributed by atoms with Crippen molar-refractivity contribution in [2.24, 2.45) is 5.92 Å². The average Bonchev–Trinajstić information content (AvgIpc) is 1.97. The molecule has 0 N–H and O–H groups in total. The SMILES string of the molecule is C#CC(=O)C1CN(C(=O)OC(C)(C)C)C1. The van der Waals surface area contributed by atoms with Crippen molar-refractivity contribution < 1.29 is 14.3 Å². The fourth-order valence-corrected chi connectivity index (χ4v) is 1.24. The highest BCUT2D eigenvalue weighted by Crippen LogP contribution is 2.19. The lowest BCUT2D eigenvalue weighted by atomic mass is 9.96. The number of terminal acetylenes is 1. The number of ketones is 1. The predicted molar refractivity (Wildman–Crippen MR) is 55.1 cm³/mol. The number of amides is 1. The van der Waals surface area contributed by atoms with E-state index in [9.17, 15) is 9.59 Å². The summed E-state index contributed by atoms with van der Waals surface area (Å²) in [6.45, 7) is 6.15. The molecule has 0 aromatic carbocycles. The fourth-order valence-electron chi connectivity index (χ4n) is 1.24. The Morgan fingerprint density at radius 1 is 1.40 bits per heavy atom. The third-order valence-electron chi connectivity index (χ3n) is 2.05. The van der Waals surface area contributed by atoms with Gasteiger partial charge in [-0.05, 0) is 26.7 Å². The Kier molecular flexibility index (Phi) is 3.04. The van der Waals surface area contributed by atoms with E-state index in [4.69, 9.17) is 11.2 Å². The molecule has 0 bridgehead atoms. The number of likely N-dealkylation sites (tertiary alicyclic amines) is 1. The number of hydrogen-bond acceptors (Lipinski definition) is 3. The number of hydrogen-bond donors (Lipinski definition) is 0. The van der Waals surface area contributed by atoms with Gasteiger partial charge in [0.05, 0.1) is 5.92 Å². The van der Waals surface area contributed by atoms with Crippen LogP contribution in [0.25, 0.3) is 0 Å². The van der Waals surface area contributed by atoms with E-state index in [0.29, 0.717) is 13.1 Å². The van der Waals surface area contributed by atoms with E-state index in [-0.39, 0.29) is 17.8 Å². The summed E-state index contributed by atoms with van der Waals surface area (Å²) >= 11 is 0. The maximum atomic E-state index is 11.4. The van der Waals surface area contributed by atoms with E-state index in [2.05, 4.69) is 5.92 Å². The molecule has 1 saturated heterocycles. The van der Waals surface area contributed by atoms with Gasteiger partial charge < -0.3 is 9.64 Å². The first-order valence-electron chi connectivity index (χ1n) is 4.82. The molecule has 1 heterocycles. The van der Waals surface area contributed by atoms with Gasteiger partial charge in [0.25, 0.3) is 0 Å². The number of rotatable bonds is 1. The van der Waals surface area contributed by atoms with Gasteiger partial charge in [-0.15, -0.1) is 6.42 Å². The van der Waals surface area contributed by atoms with Crippen LogP contribution >= 0.6 is 0 Å². The first kappa shape index (κ1) is 11.6. The second-order valence-electron chi connectivity index (χ2n) is 4.59. The first-order valence-corrected chi connectivity index (χ1v) is 4.82. The molecule has 0 radical (unpaired) electrons. The molecular formula is C11H15NO3. The second-order valence-corrected chi connectivity index (χ2v) is 4.59. The van der Waals surface area contributed by atoms with Gasteiger partial charge in [0, 0.05) is 13.1 Å². The maximum absolute atomic E-state index is 11.4. The van der Waals surface area contributed by atoms with E-state index in [1.807, 2.05) is 0 Å². The van der Waals surface area contributed by atoms with Crippen LogP contribution in [0.3, 0.4) is 0 Å². The largest absolute Gasteiger partial charge is 0.444 e. The number of carbonyl (C=O) groups is 2. The first-order chi connectivity index (χ1) is 6.83. The smallest absolute Gasteiger partial charge is 0.410 e. The maximum Gasteiger partial charge on any atom is 0.410 e. The summed E-state index contributed by atoms with van der Waals surface area (Å²) in [4.78, 5) is 23.9. The monoisotopic (exact) mass is 209 g/mol. The Balaban J connectivity index is 2.37. The van der Waals surface area contributed by atoms with E-state index < -0.39 is 5.60 Å². The molecule has 1 amide bonds. The molecular weight excluding hydrogens is 194 g/mol. The quantitative estimate of drug-likeness (QED) is 0.479. The lowest BCUT2D eigenvalue weighted by molar-refractivity contribution is -0.121. The van der Waals surface area contributed by atoms with Crippen molar-refractivity contribution in [3.05, 3.63) is 0 Å². The van der Waals surface area contributed by atoms with Crippen molar-refractivity contribution in [2.75, 3.05) is 13.1 Å². The molecule has 0 atom stereocenters. The van der Waals surface area contributed by atoms with Gasteiger partial charge in [-0.25, -0.2) is 4.79 Å². The summed E-state index contributed by atoms with van der Waals surface area (Å²) in [6, 6.07) is 0. The predicted octanol–water partition coefficient (Wildman–Crippen LogP) is 1.06. The zero-order valence-corrected chi connectivity index (χ0v) is 9.24. The molecule has 1 rings (SSSR count). The molecule has 15 heavy (non-hydrogen) atoms. The standard InChI is InChI=1S/C11H15NO3/c1-5-9(13)8-6-12(7-8)10(14)15-11(2,3)4/h1,8H,6-7H2,2-4H3. The Morgan fingerprint density at radius 2 is 1.93 bits per heavy atom. The minimum absolute atomic E-state index is 0.206. The molecule has 0 aromatic heterocycles. The Morgan fingerprint density at radius 3 is 2.33 bits per heavy atom. The Labute approximate surface area is 89.6 Å². The van der Waals surface area contributed by atoms with E-state index in [1.165, 1.54) is 4.90 Å². The van der Waals surface area contributed by atoms with Crippen LogP contribution in [0.2, 0.25) is 0 Å². The van der Waals surface area contributed by atoms with Gasteiger partial charge in [-0.3, -0.25) is 4.79 Å². The molecule has 1 fully saturated rings. The van der Waals surface area contributed by atoms with Crippen LogP contribution in [0, 0.1) is 18.3 Å². The highest BCUT2D eigenvalue weighted by molar-refractivity contribution is 5.98. The van der Waals surface area contributed by atoms with Crippen LogP contribution in [0.15, 0.2) is 0 Å². The van der Waals surface area contributed by atoms with Gasteiger partial charge in [0.15, 0.2) is 0 Å². The van der Waals surface area contributed by atoms with E-state index >= 15 is 0 Å². The van der Waals surface area contributed by atoms with Gasteiger partial charge in [0.2, 0.25) is 5.78 Å². The summed E-state index contributed by atoms with van der Waals surface area (Å²) in [5, 5.41) is 0. The molecule has 0 saturated carbocycles. The third kappa shape index (κ3) is 2.98. The van der Waals surface area contributed by atoms with Crippen LogP contribution in [0.5, 0.6) is 0 Å². The molecule has 0 aliphatic carbocycles. The lowest BCUT2D eigenvalue weighted by Gasteiger charge is -2.37. The Bertz CT molecular complexity index is 316. The van der Waals surface area contributed by atoms with Crippen LogP contribution in [0.4, 0.5) is 4.79 Å². The van der Waals surface area contributed by atoms with E-state index in [0.717, 1.165) is 0 Å². The number of Topliss-reactive ketones (excluding diaryl/α,β-unsaturated/α-hetero) is 1. The number of ether oxygens (including phenoxy) is 1. The summed E-state index contributed by atoms with van der Waals surface area (Å²) in [5.41, 5.74) is -0.502. The molecule has 1 aliphatic rings. The topological polar surface area (TPSA) is 46.6 Å². The zero-order chi connectivity index (χ0) is 11.6. The lowest BCUT2D eigenvalue weighted by Crippen LogP contribution is -2.54. The highest BCUT2D eigenvalue weighted by atomic mass is 16.6. The molecule has 0 unspecified atom stereocenters. The molecule has 82 valence electrons. The van der Waals surface area contributed by atoms with Crippen LogP contribution in [-0.4, -0.2) is 35.5 Å². The van der Waals surface area contributed by atoms with Crippen molar-refractivity contribution in [2.45, 2.75) is 26.4 Å². The molecule has 4 heteroatoms. The van der Waals surface area contributed by atoms with Gasteiger partial charge in [-0.2, -0.15) is 0 Å². The molecule has 0 aromatic rings. The van der Waals surface area contributed by atoms with Gasteiger partial charge in [-0.1, -0.05) is 0 Å². The van der Waals surface area contributed by atoms with Crippen molar-refractivity contribution in [3.8, 4) is 12.3 Å². The van der Waals surface area contributed by atoms with Crippen LogP contribution in [-0.2, 0) is 9.53 Å². The van der Waals surface area contributed by atoms with Crippen LogP contribution in [0.1, 0.15) is 20.8 Å². The number of nitrogens with zero attached hydrogens (tertiary/aromatic N) is 1. The minimum atomic E-state index is -0.502. The molecule has 1 aliphatic heterocycles. The van der Waals surface area contributed by atoms with Crippen LogP contribution < -0.4 is 0 Å². The summed E-state index contributed by atoms with van der Waals surface area (Å²) in [5.74, 6) is 1.61. The van der Waals surface area contributed by atoms with Crippen molar-refractivity contribution in [3.63, 3.8) is 0 Å². The Hall–Kier alpha value is -1.50.